The van der Waals surface area contributed by atoms with Crippen molar-refractivity contribution in [3.8, 4) is 0 Å². The highest BCUT2D eigenvalue weighted by Gasteiger charge is 2.23. The number of ether oxygens (including phenoxy) is 1. The largest absolute Gasteiger partial charge is 0.481 e. The fourth-order valence-corrected chi connectivity index (χ4v) is 1.59. The van der Waals surface area contributed by atoms with Crippen LogP contribution in [0.25, 0.3) is 0 Å². The molecule has 3 nitrogen and oxygen atoms in total. The highest BCUT2D eigenvalue weighted by atomic mass is 16.5. The van der Waals surface area contributed by atoms with Crippen LogP contribution >= 0.6 is 0 Å². The molecular formula is C9H16O3. The molecule has 1 heterocycles. The molecular weight excluding hydrogens is 156 g/mol. The van der Waals surface area contributed by atoms with E-state index in [1.807, 2.05) is 6.92 Å². The fraction of sp³-hybridized carbons (Fsp3) is 0.889. The number of hydrogen-bond donors (Lipinski definition) is 1. The van der Waals surface area contributed by atoms with Gasteiger partial charge in [0.05, 0.1) is 12.0 Å². The van der Waals surface area contributed by atoms with Crippen molar-refractivity contribution in [2.24, 2.45) is 5.92 Å². The molecule has 0 aliphatic carbocycles. The number of carboxylic acids is 1. The molecule has 0 aromatic carbocycles. The monoisotopic (exact) mass is 172 g/mol. The van der Waals surface area contributed by atoms with Crippen molar-refractivity contribution < 1.29 is 14.6 Å². The Labute approximate surface area is 72.7 Å². The van der Waals surface area contributed by atoms with Crippen molar-refractivity contribution in [3.63, 3.8) is 0 Å². The molecule has 12 heavy (non-hydrogen) atoms. The van der Waals surface area contributed by atoms with E-state index in [4.69, 9.17) is 9.84 Å². The van der Waals surface area contributed by atoms with Gasteiger partial charge in [0.25, 0.3) is 0 Å². The Hall–Kier alpha value is -0.570. The Morgan fingerprint density at radius 2 is 2.50 bits per heavy atom. The Kier molecular flexibility index (Phi) is 3.53. The van der Waals surface area contributed by atoms with Gasteiger partial charge in [-0.3, -0.25) is 4.79 Å². The first-order valence-electron chi connectivity index (χ1n) is 4.58. The zero-order chi connectivity index (χ0) is 8.97. The van der Waals surface area contributed by atoms with Gasteiger partial charge < -0.3 is 9.84 Å². The van der Waals surface area contributed by atoms with Gasteiger partial charge in [0, 0.05) is 6.61 Å². The minimum absolute atomic E-state index is 0.200. The molecule has 0 radical (unpaired) electrons. The van der Waals surface area contributed by atoms with Crippen LogP contribution in [-0.4, -0.2) is 23.8 Å². The third-order valence-electron chi connectivity index (χ3n) is 2.41. The summed E-state index contributed by atoms with van der Waals surface area (Å²) in [5.74, 6) is -0.902. The van der Waals surface area contributed by atoms with Crippen LogP contribution in [0.2, 0.25) is 0 Å². The molecule has 0 aromatic rings. The molecule has 2 atom stereocenters. The highest BCUT2D eigenvalue weighted by Crippen LogP contribution is 2.21. The maximum atomic E-state index is 10.7. The molecule has 70 valence electrons. The van der Waals surface area contributed by atoms with Crippen LogP contribution in [0, 0.1) is 5.92 Å². The molecule has 0 spiro atoms. The van der Waals surface area contributed by atoms with Gasteiger partial charge in [0.2, 0.25) is 0 Å². The number of hydrogen-bond acceptors (Lipinski definition) is 2. The van der Waals surface area contributed by atoms with Gasteiger partial charge >= 0.3 is 5.97 Å². The molecule has 0 amide bonds. The molecule has 1 unspecified atom stereocenters. The van der Waals surface area contributed by atoms with E-state index in [9.17, 15) is 4.79 Å². The summed E-state index contributed by atoms with van der Waals surface area (Å²) in [7, 11) is 0. The van der Waals surface area contributed by atoms with Crippen molar-refractivity contribution in [1.82, 2.24) is 0 Å². The SMILES string of the molecule is CCC(C[C@H]1CCCO1)C(=O)O. The normalized spacial score (nSPS) is 25.6. The van der Waals surface area contributed by atoms with Gasteiger partial charge in [-0.15, -0.1) is 0 Å². The summed E-state index contributed by atoms with van der Waals surface area (Å²) in [6, 6.07) is 0. The Balaban J connectivity index is 2.30. The Morgan fingerprint density at radius 3 is 2.92 bits per heavy atom. The standard InChI is InChI=1S/C9H16O3/c1-2-7(9(10)11)6-8-4-3-5-12-8/h7-8H,2-6H2,1H3,(H,10,11)/t7?,8-/m1/s1. The minimum Gasteiger partial charge on any atom is -0.481 e. The van der Waals surface area contributed by atoms with Crippen molar-refractivity contribution in [2.75, 3.05) is 6.61 Å². The van der Waals surface area contributed by atoms with Crippen LogP contribution in [0.3, 0.4) is 0 Å². The molecule has 0 saturated carbocycles. The quantitative estimate of drug-likeness (QED) is 0.701. The lowest BCUT2D eigenvalue weighted by Gasteiger charge is -2.14. The van der Waals surface area contributed by atoms with E-state index in [-0.39, 0.29) is 12.0 Å². The lowest BCUT2D eigenvalue weighted by molar-refractivity contribution is -0.143. The summed E-state index contributed by atoms with van der Waals surface area (Å²) in [5.41, 5.74) is 0. The fourth-order valence-electron chi connectivity index (χ4n) is 1.59. The van der Waals surface area contributed by atoms with E-state index >= 15 is 0 Å². The summed E-state index contributed by atoms with van der Waals surface area (Å²) in [6.45, 7) is 2.72. The predicted molar refractivity (Wildman–Crippen MR) is 45.0 cm³/mol. The van der Waals surface area contributed by atoms with E-state index in [0.29, 0.717) is 12.8 Å². The summed E-state index contributed by atoms with van der Waals surface area (Å²) in [4.78, 5) is 10.7. The van der Waals surface area contributed by atoms with Crippen LogP contribution in [0.4, 0.5) is 0 Å². The lowest BCUT2D eigenvalue weighted by atomic mass is 9.98. The van der Waals surface area contributed by atoms with Gasteiger partial charge in [-0.25, -0.2) is 0 Å². The maximum absolute atomic E-state index is 10.7. The predicted octanol–water partition coefficient (Wildman–Crippen LogP) is 1.67. The molecule has 1 aliphatic heterocycles. The van der Waals surface area contributed by atoms with E-state index in [0.717, 1.165) is 19.4 Å². The second-order valence-electron chi connectivity index (χ2n) is 3.31. The first kappa shape index (κ1) is 9.52. The number of aliphatic carboxylic acids is 1. The number of rotatable bonds is 4. The van der Waals surface area contributed by atoms with Crippen LogP contribution < -0.4 is 0 Å². The Morgan fingerprint density at radius 1 is 1.75 bits per heavy atom. The highest BCUT2D eigenvalue weighted by molar-refractivity contribution is 5.69. The molecule has 1 fully saturated rings. The lowest BCUT2D eigenvalue weighted by Crippen LogP contribution is -2.19. The molecule has 0 bridgehead atoms. The number of carbonyl (C=O) groups is 1. The van der Waals surface area contributed by atoms with Gasteiger partial charge in [0.15, 0.2) is 0 Å². The van der Waals surface area contributed by atoms with Crippen molar-refractivity contribution in [1.29, 1.82) is 0 Å². The van der Waals surface area contributed by atoms with Gasteiger partial charge in [-0.05, 0) is 25.7 Å². The van der Waals surface area contributed by atoms with E-state index < -0.39 is 5.97 Å². The van der Waals surface area contributed by atoms with Crippen LogP contribution in [0.15, 0.2) is 0 Å². The van der Waals surface area contributed by atoms with Crippen molar-refractivity contribution in [2.45, 2.75) is 38.7 Å². The Bertz CT molecular complexity index is 150. The van der Waals surface area contributed by atoms with Crippen molar-refractivity contribution >= 4 is 5.97 Å². The van der Waals surface area contributed by atoms with Crippen LogP contribution in [0.5, 0.6) is 0 Å². The summed E-state index contributed by atoms with van der Waals surface area (Å²) < 4.78 is 5.37. The molecule has 1 saturated heterocycles. The smallest absolute Gasteiger partial charge is 0.306 e. The van der Waals surface area contributed by atoms with Gasteiger partial charge in [-0.2, -0.15) is 0 Å². The average molecular weight is 172 g/mol. The summed E-state index contributed by atoms with van der Waals surface area (Å²) >= 11 is 0. The minimum atomic E-state index is -0.687. The number of carboxylic acid groups (broad SMARTS) is 1. The second kappa shape index (κ2) is 4.45. The van der Waals surface area contributed by atoms with Gasteiger partial charge in [-0.1, -0.05) is 6.92 Å². The first-order chi connectivity index (χ1) is 5.74. The maximum Gasteiger partial charge on any atom is 0.306 e. The molecule has 3 heteroatoms. The van der Waals surface area contributed by atoms with E-state index in [1.165, 1.54) is 0 Å². The second-order valence-corrected chi connectivity index (χ2v) is 3.31. The molecule has 0 aromatic heterocycles. The van der Waals surface area contributed by atoms with Crippen LogP contribution in [-0.2, 0) is 9.53 Å². The molecule has 1 N–H and O–H groups in total. The zero-order valence-electron chi connectivity index (χ0n) is 7.45. The zero-order valence-corrected chi connectivity index (χ0v) is 7.45. The third kappa shape index (κ3) is 2.48. The molecule has 1 rings (SSSR count). The van der Waals surface area contributed by atoms with E-state index in [1.54, 1.807) is 0 Å². The average Bonchev–Trinajstić information content (AvgIpc) is 2.51. The third-order valence-corrected chi connectivity index (χ3v) is 2.41. The topological polar surface area (TPSA) is 46.5 Å². The summed E-state index contributed by atoms with van der Waals surface area (Å²) in [6.07, 6.45) is 3.71. The van der Waals surface area contributed by atoms with Crippen molar-refractivity contribution in [3.05, 3.63) is 0 Å². The molecule has 1 aliphatic rings. The van der Waals surface area contributed by atoms with Crippen LogP contribution in [0.1, 0.15) is 32.6 Å². The summed E-state index contributed by atoms with van der Waals surface area (Å²) in [5, 5.41) is 8.78. The first-order valence-corrected chi connectivity index (χ1v) is 4.58. The van der Waals surface area contributed by atoms with E-state index in [2.05, 4.69) is 0 Å². The van der Waals surface area contributed by atoms with Gasteiger partial charge in [0.1, 0.15) is 0 Å².